The number of carbonyl (C=O) groups excluding carboxylic acids is 2. The molecule has 0 spiro atoms. The van der Waals surface area contributed by atoms with Gasteiger partial charge in [0.15, 0.2) is 0 Å². The van der Waals surface area contributed by atoms with Crippen molar-refractivity contribution in [2.24, 2.45) is 0 Å². The van der Waals surface area contributed by atoms with Crippen LogP contribution in [-0.2, 0) is 13.0 Å². The van der Waals surface area contributed by atoms with E-state index in [2.05, 4.69) is 26.0 Å². The number of aromatic nitrogens is 3. The van der Waals surface area contributed by atoms with Gasteiger partial charge in [-0.2, -0.15) is 5.10 Å². The zero-order chi connectivity index (χ0) is 21.3. The molecule has 30 heavy (non-hydrogen) atoms. The van der Waals surface area contributed by atoms with Gasteiger partial charge in [-0.3, -0.25) is 4.79 Å². The Morgan fingerprint density at radius 3 is 2.83 bits per heavy atom. The van der Waals surface area contributed by atoms with Crippen LogP contribution < -0.4 is 16.0 Å². The number of benzene rings is 1. The van der Waals surface area contributed by atoms with Gasteiger partial charge in [0.05, 0.1) is 30.1 Å². The molecule has 2 aromatic heterocycles. The van der Waals surface area contributed by atoms with E-state index in [9.17, 15) is 14.0 Å². The van der Waals surface area contributed by atoms with Crippen molar-refractivity contribution in [3.63, 3.8) is 0 Å². The van der Waals surface area contributed by atoms with Crippen molar-refractivity contribution in [2.45, 2.75) is 39.3 Å². The molecule has 1 aromatic carbocycles. The summed E-state index contributed by atoms with van der Waals surface area (Å²) in [5.41, 5.74) is 0.616. The Balaban J connectivity index is 1.39. The SMILES string of the molecule is Cc1nc2n(n1)CC(NC(=O)Nc1ccc(F)c(NC(=O)c3ccoc3C)c1)CC2. The first-order valence-electron chi connectivity index (χ1n) is 9.52. The van der Waals surface area contributed by atoms with E-state index in [0.717, 1.165) is 18.7 Å². The van der Waals surface area contributed by atoms with Gasteiger partial charge in [0.1, 0.15) is 23.2 Å². The molecule has 9 nitrogen and oxygen atoms in total. The molecule has 0 fully saturated rings. The number of aryl methyl sites for hydroxylation is 3. The molecule has 0 bridgehead atoms. The predicted molar refractivity (Wildman–Crippen MR) is 107 cm³/mol. The topological polar surface area (TPSA) is 114 Å². The second-order valence-corrected chi connectivity index (χ2v) is 7.13. The third-order valence-electron chi connectivity index (χ3n) is 4.88. The maximum Gasteiger partial charge on any atom is 0.319 e. The van der Waals surface area contributed by atoms with Crippen LogP contribution in [0.1, 0.15) is 34.2 Å². The predicted octanol–water partition coefficient (Wildman–Crippen LogP) is 3.02. The summed E-state index contributed by atoms with van der Waals surface area (Å²) in [5, 5.41) is 12.4. The van der Waals surface area contributed by atoms with Gasteiger partial charge in [0.2, 0.25) is 0 Å². The second kappa shape index (κ2) is 7.97. The molecule has 1 aliphatic heterocycles. The minimum atomic E-state index is -0.614. The van der Waals surface area contributed by atoms with E-state index < -0.39 is 17.8 Å². The summed E-state index contributed by atoms with van der Waals surface area (Å²) >= 11 is 0. The molecule has 1 atom stereocenters. The Kier molecular flexibility index (Phi) is 5.21. The number of fused-ring (bicyclic) bond motifs is 1. The van der Waals surface area contributed by atoms with Crippen LogP contribution >= 0.6 is 0 Å². The first-order chi connectivity index (χ1) is 14.4. The zero-order valence-corrected chi connectivity index (χ0v) is 16.5. The number of hydrogen-bond donors (Lipinski definition) is 3. The van der Waals surface area contributed by atoms with Gasteiger partial charge in [0, 0.05) is 12.1 Å². The van der Waals surface area contributed by atoms with Crippen LogP contribution in [0.15, 0.2) is 34.9 Å². The smallest absolute Gasteiger partial charge is 0.319 e. The Bertz CT molecular complexity index is 1110. The van der Waals surface area contributed by atoms with Gasteiger partial charge in [-0.15, -0.1) is 0 Å². The largest absolute Gasteiger partial charge is 0.469 e. The molecule has 156 valence electrons. The molecular formula is C20H21FN6O3. The minimum Gasteiger partial charge on any atom is -0.469 e. The standard InChI is InChI=1S/C20H21FN6O3/c1-11-15(7-8-30-11)19(28)25-17-9-13(3-5-16(17)21)23-20(29)24-14-4-6-18-22-12(2)26-27(18)10-14/h3,5,7-9,14H,4,6,10H2,1-2H3,(H,25,28)(H2,23,24,29). The highest BCUT2D eigenvalue weighted by Gasteiger charge is 2.22. The van der Waals surface area contributed by atoms with Crippen molar-refractivity contribution < 1.29 is 18.4 Å². The maximum absolute atomic E-state index is 14.1. The Morgan fingerprint density at radius 1 is 1.23 bits per heavy atom. The van der Waals surface area contributed by atoms with Crippen LogP contribution in [0.2, 0.25) is 0 Å². The number of amides is 3. The average Bonchev–Trinajstić information content (AvgIpc) is 3.28. The molecule has 1 unspecified atom stereocenters. The number of nitrogens with one attached hydrogen (secondary N) is 3. The number of anilines is 2. The van der Waals surface area contributed by atoms with Crippen molar-refractivity contribution in [1.29, 1.82) is 0 Å². The number of hydrogen-bond acceptors (Lipinski definition) is 5. The fourth-order valence-electron chi connectivity index (χ4n) is 3.41. The summed E-state index contributed by atoms with van der Waals surface area (Å²) in [7, 11) is 0. The van der Waals surface area contributed by atoms with Crippen LogP contribution in [0, 0.1) is 19.7 Å². The molecule has 3 N–H and O–H groups in total. The average molecular weight is 412 g/mol. The summed E-state index contributed by atoms with van der Waals surface area (Å²) in [6, 6.07) is 4.95. The minimum absolute atomic E-state index is 0.0428. The zero-order valence-electron chi connectivity index (χ0n) is 16.5. The first kappa shape index (κ1) is 19.6. The monoisotopic (exact) mass is 412 g/mol. The molecule has 3 aromatic rings. The molecule has 0 saturated heterocycles. The summed E-state index contributed by atoms with van der Waals surface area (Å²) in [6.07, 6.45) is 2.87. The quantitative estimate of drug-likeness (QED) is 0.610. The molecule has 1 aliphatic rings. The maximum atomic E-state index is 14.1. The van der Waals surface area contributed by atoms with E-state index in [1.54, 1.807) is 11.6 Å². The Morgan fingerprint density at radius 2 is 2.07 bits per heavy atom. The van der Waals surface area contributed by atoms with E-state index in [0.29, 0.717) is 29.4 Å². The number of furan rings is 1. The van der Waals surface area contributed by atoms with Gasteiger partial charge >= 0.3 is 6.03 Å². The summed E-state index contributed by atoms with van der Waals surface area (Å²) in [4.78, 5) is 29.0. The van der Waals surface area contributed by atoms with Crippen molar-refractivity contribution in [3.8, 4) is 0 Å². The molecule has 0 aliphatic carbocycles. The van der Waals surface area contributed by atoms with Gasteiger partial charge in [-0.05, 0) is 44.5 Å². The second-order valence-electron chi connectivity index (χ2n) is 7.13. The van der Waals surface area contributed by atoms with Crippen LogP contribution in [-0.4, -0.2) is 32.7 Å². The molecule has 3 heterocycles. The fraction of sp³-hybridized carbons (Fsp3) is 0.300. The third kappa shape index (κ3) is 4.17. The molecule has 0 saturated carbocycles. The van der Waals surface area contributed by atoms with E-state index in [4.69, 9.17) is 4.42 Å². The fourth-order valence-corrected chi connectivity index (χ4v) is 3.41. The van der Waals surface area contributed by atoms with Crippen molar-refractivity contribution in [2.75, 3.05) is 10.6 Å². The van der Waals surface area contributed by atoms with E-state index in [-0.39, 0.29) is 11.7 Å². The van der Waals surface area contributed by atoms with Crippen LogP contribution in [0.25, 0.3) is 0 Å². The van der Waals surface area contributed by atoms with E-state index in [1.807, 2.05) is 6.92 Å². The molecular weight excluding hydrogens is 391 g/mol. The first-order valence-corrected chi connectivity index (χ1v) is 9.52. The van der Waals surface area contributed by atoms with Crippen LogP contribution in [0.3, 0.4) is 0 Å². The molecule has 10 heteroatoms. The van der Waals surface area contributed by atoms with Crippen LogP contribution in [0.4, 0.5) is 20.6 Å². The Hall–Kier alpha value is -3.69. The lowest BCUT2D eigenvalue weighted by Gasteiger charge is -2.23. The van der Waals surface area contributed by atoms with Gasteiger partial charge in [-0.1, -0.05) is 0 Å². The normalized spacial score (nSPS) is 15.4. The van der Waals surface area contributed by atoms with Crippen molar-refractivity contribution in [3.05, 3.63) is 59.3 Å². The van der Waals surface area contributed by atoms with E-state index >= 15 is 0 Å². The van der Waals surface area contributed by atoms with Crippen LogP contribution in [0.5, 0.6) is 0 Å². The number of urea groups is 1. The van der Waals surface area contributed by atoms with E-state index in [1.165, 1.54) is 30.5 Å². The van der Waals surface area contributed by atoms with Gasteiger partial charge in [-0.25, -0.2) is 18.9 Å². The number of carbonyl (C=O) groups is 2. The number of rotatable bonds is 4. The summed E-state index contributed by atoms with van der Waals surface area (Å²) in [5.74, 6) is 0.943. The molecule has 3 amide bonds. The molecule has 0 radical (unpaired) electrons. The molecule has 4 rings (SSSR count). The highest BCUT2D eigenvalue weighted by atomic mass is 19.1. The number of nitrogens with zero attached hydrogens (tertiary/aromatic N) is 3. The summed E-state index contributed by atoms with van der Waals surface area (Å²) < 4.78 is 21.0. The lowest BCUT2D eigenvalue weighted by Crippen LogP contribution is -2.43. The Labute approximate surface area is 171 Å². The summed E-state index contributed by atoms with van der Waals surface area (Å²) in [6.45, 7) is 4.01. The highest BCUT2D eigenvalue weighted by molar-refractivity contribution is 6.05. The van der Waals surface area contributed by atoms with Crippen molar-refractivity contribution in [1.82, 2.24) is 20.1 Å². The van der Waals surface area contributed by atoms with Gasteiger partial charge < -0.3 is 20.4 Å². The third-order valence-corrected chi connectivity index (χ3v) is 4.88. The lowest BCUT2D eigenvalue weighted by molar-refractivity contribution is 0.102. The van der Waals surface area contributed by atoms with Gasteiger partial charge in [0.25, 0.3) is 5.91 Å². The highest BCUT2D eigenvalue weighted by Crippen LogP contribution is 2.21. The lowest BCUT2D eigenvalue weighted by atomic mass is 10.1. The number of halogens is 1. The van der Waals surface area contributed by atoms with Crippen molar-refractivity contribution >= 4 is 23.3 Å².